The maximum absolute atomic E-state index is 5.96. The number of hydrogen-bond acceptors (Lipinski definition) is 5. The Labute approximate surface area is 121 Å². The summed E-state index contributed by atoms with van der Waals surface area (Å²) in [4.78, 5) is 6.57. The Morgan fingerprint density at radius 2 is 2.40 bits per heavy atom. The lowest BCUT2D eigenvalue weighted by molar-refractivity contribution is -0.0393. The van der Waals surface area contributed by atoms with E-state index >= 15 is 0 Å². The number of ether oxygens (including phenoxy) is 2. The Balaban J connectivity index is 2.16. The summed E-state index contributed by atoms with van der Waals surface area (Å²) in [7, 11) is 3.80. The number of aromatic nitrogens is 1. The van der Waals surface area contributed by atoms with Crippen LogP contribution in [0.15, 0.2) is 18.5 Å². The molecule has 0 saturated carbocycles. The standard InChI is InChI=1S/C15H25N3O2/c1-4-5-17-15(14-11-18(2)6-7-20-14)12-8-13(19-3)10-16-9-12/h8-10,14-15,17H,4-7,11H2,1-3H3. The first-order valence-electron chi connectivity index (χ1n) is 7.27. The summed E-state index contributed by atoms with van der Waals surface area (Å²) >= 11 is 0. The first kappa shape index (κ1) is 15.2. The maximum atomic E-state index is 5.96. The second kappa shape index (κ2) is 7.57. The number of nitrogens with one attached hydrogen (secondary N) is 1. The zero-order chi connectivity index (χ0) is 14.4. The summed E-state index contributed by atoms with van der Waals surface area (Å²) in [5.74, 6) is 0.787. The number of pyridine rings is 1. The molecule has 2 heterocycles. The molecule has 5 nitrogen and oxygen atoms in total. The fourth-order valence-electron chi connectivity index (χ4n) is 2.49. The lowest BCUT2D eigenvalue weighted by Crippen LogP contribution is -2.46. The van der Waals surface area contributed by atoms with E-state index in [0.29, 0.717) is 0 Å². The predicted octanol–water partition coefficient (Wildman–Crippen LogP) is 1.46. The van der Waals surface area contributed by atoms with Crippen molar-refractivity contribution in [2.24, 2.45) is 0 Å². The number of nitrogens with zero attached hydrogens (tertiary/aromatic N) is 2. The average molecular weight is 279 g/mol. The molecule has 2 unspecified atom stereocenters. The highest BCUT2D eigenvalue weighted by atomic mass is 16.5. The first-order valence-corrected chi connectivity index (χ1v) is 7.27. The van der Waals surface area contributed by atoms with Gasteiger partial charge in [-0.25, -0.2) is 0 Å². The molecule has 1 saturated heterocycles. The molecule has 0 radical (unpaired) electrons. The highest BCUT2D eigenvalue weighted by molar-refractivity contribution is 5.27. The van der Waals surface area contributed by atoms with Crippen molar-refractivity contribution < 1.29 is 9.47 Å². The van der Waals surface area contributed by atoms with Crippen molar-refractivity contribution in [3.63, 3.8) is 0 Å². The number of hydrogen-bond donors (Lipinski definition) is 1. The van der Waals surface area contributed by atoms with E-state index in [9.17, 15) is 0 Å². The van der Waals surface area contributed by atoms with Gasteiger partial charge in [0.2, 0.25) is 0 Å². The molecule has 1 aromatic rings. The highest BCUT2D eigenvalue weighted by Crippen LogP contribution is 2.24. The molecule has 1 aliphatic rings. The third-order valence-electron chi connectivity index (χ3n) is 3.61. The summed E-state index contributed by atoms with van der Waals surface area (Å²) in [6.45, 7) is 5.84. The molecule has 1 N–H and O–H groups in total. The second-order valence-corrected chi connectivity index (χ2v) is 5.26. The van der Waals surface area contributed by atoms with Crippen molar-refractivity contribution in [3.05, 3.63) is 24.0 Å². The lowest BCUT2D eigenvalue weighted by atomic mass is 10.0. The van der Waals surface area contributed by atoms with E-state index in [1.165, 1.54) is 0 Å². The van der Waals surface area contributed by atoms with Crippen molar-refractivity contribution >= 4 is 0 Å². The lowest BCUT2D eigenvalue weighted by Gasteiger charge is -2.35. The minimum Gasteiger partial charge on any atom is -0.495 e. The minimum absolute atomic E-state index is 0.147. The molecule has 2 rings (SSSR count). The van der Waals surface area contributed by atoms with Gasteiger partial charge in [0.15, 0.2) is 0 Å². The van der Waals surface area contributed by atoms with Crippen LogP contribution in [0.2, 0.25) is 0 Å². The zero-order valence-corrected chi connectivity index (χ0v) is 12.6. The Morgan fingerprint density at radius 1 is 1.55 bits per heavy atom. The van der Waals surface area contributed by atoms with E-state index in [0.717, 1.165) is 44.0 Å². The summed E-state index contributed by atoms with van der Waals surface area (Å²) in [5.41, 5.74) is 1.12. The first-order chi connectivity index (χ1) is 9.74. The van der Waals surface area contributed by atoms with Gasteiger partial charge in [0, 0.05) is 19.3 Å². The third-order valence-corrected chi connectivity index (χ3v) is 3.61. The van der Waals surface area contributed by atoms with E-state index < -0.39 is 0 Å². The number of likely N-dealkylation sites (N-methyl/N-ethyl adjacent to an activating group) is 1. The minimum atomic E-state index is 0.147. The molecular formula is C15H25N3O2. The van der Waals surface area contributed by atoms with Crippen LogP contribution in [0, 0.1) is 0 Å². The largest absolute Gasteiger partial charge is 0.495 e. The van der Waals surface area contributed by atoms with Gasteiger partial charge < -0.3 is 19.7 Å². The van der Waals surface area contributed by atoms with Gasteiger partial charge in [-0.1, -0.05) is 6.92 Å². The van der Waals surface area contributed by atoms with Gasteiger partial charge >= 0.3 is 0 Å². The molecule has 2 atom stereocenters. The summed E-state index contributed by atoms with van der Waals surface area (Å²) < 4.78 is 11.2. The smallest absolute Gasteiger partial charge is 0.137 e. The Kier molecular flexibility index (Phi) is 5.76. The highest BCUT2D eigenvalue weighted by Gasteiger charge is 2.28. The molecule has 0 aliphatic carbocycles. The summed E-state index contributed by atoms with van der Waals surface area (Å²) in [6.07, 6.45) is 4.87. The van der Waals surface area contributed by atoms with Crippen LogP contribution in [0.25, 0.3) is 0 Å². The maximum Gasteiger partial charge on any atom is 0.137 e. The van der Waals surface area contributed by atoms with Crippen LogP contribution in [0.4, 0.5) is 0 Å². The third kappa shape index (κ3) is 3.91. The van der Waals surface area contributed by atoms with Crippen molar-refractivity contribution in [3.8, 4) is 5.75 Å². The molecule has 1 fully saturated rings. The van der Waals surface area contributed by atoms with Crippen molar-refractivity contribution in [2.45, 2.75) is 25.5 Å². The fraction of sp³-hybridized carbons (Fsp3) is 0.667. The average Bonchev–Trinajstić information content (AvgIpc) is 2.48. The predicted molar refractivity (Wildman–Crippen MR) is 79.1 cm³/mol. The topological polar surface area (TPSA) is 46.6 Å². The fourth-order valence-corrected chi connectivity index (χ4v) is 2.49. The molecule has 5 heteroatoms. The summed E-state index contributed by atoms with van der Waals surface area (Å²) in [6, 6.07) is 2.19. The quantitative estimate of drug-likeness (QED) is 0.854. The van der Waals surface area contributed by atoms with Gasteiger partial charge in [-0.2, -0.15) is 0 Å². The van der Waals surface area contributed by atoms with Gasteiger partial charge in [-0.05, 0) is 31.6 Å². The van der Waals surface area contributed by atoms with E-state index in [1.54, 1.807) is 13.3 Å². The second-order valence-electron chi connectivity index (χ2n) is 5.26. The van der Waals surface area contributed by atoms with Crippen LogP contribution in [0.3, 0.4) is 0 Å². The normalized spacial score (nSPS) is 21.6. The molecule has 1 aliphatic heterocycles. The number of methoxy groups -OCH3 is 1. The Morgan fingerprint density at radius 3 is 3.10 bits per heavy atom. The van der Waals surface area contributed by atoms with E-state index in [-0.39, 0.29) is 12.1 Å². The summed E-state index contributed by atoms with van der Waals surface area (Å²) in [5, 5.41) is 3.58. The van der Waals surface area contributed by atoms with E-state index in [1.807, 2.05) is 12.3 Å². The van der Waals surface area contributed by atoms with Crippen LogP contribution in [-0.2, 0) is 4.74 Å². The van der Waals surface area contributed by atoms with Gasteiger partial charge in [0.05, 0.1) is 32.1 Å². The molecule has 0 spiro atoms. The van der Waals surface area contributed by atoms with Gasteiger partial charge in [-0.15, -0.1) is 0 Å². The van der Waals surface area contributed by atoms with Crippen LogP contribution in [-0.4, -0.2) is 56.4 Å². The Bertz CT molecular complexity index is 414. The van der Waals surface area contributed by atoms with E-state index in [4.69, 9.17) is 9.47 Å². The molecule has 112 valence electrons. The van der Waals surface area contributed by atoms with Crippen molar-refractivity contribution in [1.29, 1.82) is 0 Å². The van der Waals surface area contributed by atoms with E-state index in [2.05, 4.69) is 29.2 Å². The Hall–Kier alpha value is -1.17. The van der Waals surface area contributed by atoms with Gasteiger partial charge in [0.1, 0.15) is 5.75 Å². The van der Waals surface area contributed by atoms with Crippen LogP contribution in [0.1, 0.15) is 24.9 Å². The molecule has 0 bridgehead atoms. The molecule has 1 aromatic heterocycles. The molecular weight excluding hydrogens is 254 g/mol. The molecule has 0 aromatic carbocycles. The van der Waals surface area contributed by atoms with Crippen LogP contribution < -0.4 is 10.1 Å². The van der Waals surface area contributed by atoms with Crippen LogP contribution >= 0.6 is 0 Å². The SMILES string of the molecule is CCCNC(c1cncc(OC)c1)C1CN(C)CCO1. The van der Waals surface area contributed by atoms with Crippen LogP contribution in [0.5, 0.6) is 5.75 Å². The van der Waals surface area contributed by atoms with Gasteiger partial charge in [-0.3, -0.25) is 4.98 Å². The number of rotatable bonds is 6. The molecule has 20 heavy (non-hydrogen) atoms. The van der Waals surface area contributed by atoms with Crippen molar-refractivity contribution in [1.82, 2.24) is 15.2 Å². The monoisotopic (exact) mass is 279 g/mol. The molecule has 0 amide bonds. The number of morpholine rings is 1. The van der Waals surface area contributed by atoms with Gasteiger partial charge in [0.25, 0.3) is 0 Å². The zero-order valence-electron chi connectivity index (χ0n) is 12.6. The van der Waals surface area contributed by atoms with Crippen molar-refractivity contribution in [2.75, 3.05) is 40.4 Å².